The van der Waals surface area contributed by atoms with Crippen molar-refractivity contribution >= 4 is 34.2 Å². The minimum Gasteiger partial charge on any atom is -0.494 e. The predicted molar refractivity (Wildman–Crippen MR) is 108 cm³/mol. The highest BCUT2D eigenvalue weighted by molar-refractivity contribution is 6.16. The Morgan fingerprint density at radius 1 is 0.931 bits per heavy atom. The molecule has 2 aromatic carbocycles. The first-order valence-corrected chi connectivity index (χ1v) is 9.06. The van der Waals surface area contributed by atoms with Crippen LogP contribution in [0.25, 0.3) is 11.0 Å². The van der Waals surface area contributed by atoms with Crippen LogP contribution in [0.15, 0.2) is 75.8 Å². The zero-order valence-corrected chi connectivity index (χ0v) is 15.6. The molecule has 2 aromatic heterocycles. The molecule has 0 saturated carbocycles. The smallest absolute Gasteiger partial charge is 0.293 e. The van der Waals surface area contributed by atoms with Gasteiger partial charge in [-0.05, 0) is 55.5 Å². The first kappa shape index (κ1) is 18.4. The second kappa shape index (κ2) is 7.93. The third-order valence-corrected chi connectivity index (χ3v) is 4.21. The van der Waals surface area contributed by atoms with E-state index in [2.05, 4.69) is 10.6 Å². The van der Waals surface area contributed by atoms with E-state index in [4.69, 9.17) is 13.6 Å². The second-order valence-electron chi connectivity index (χ2n) is 6.15. The van der Waals surface area contributed by atoms with Crippen LogP contribution in [0.1, 0.15) is 28.0 Å². The number of ether oxygens (including phenoxy) is 1. The summed E-state index contributed by atoms with van der Waals surface area (Å²) in [6.07, 6.45) is 1.40. The van der Waals surface area contributed by atoms with Gasteiger partial charge in [0.25, 0.3) is 11.8 Å². The molecule has 0 fully saturated rings. The second-order valence-corrected chi connectivity index (χ2v) is 6.15. The largest absolute Gasteiger partial charge is 0.494 e. The number of nitrogens with one attached hydrogen (secondary N) is 2. The van der Waals surface area contributed by atoms with Crippen LogP contribution in [0.3, 0.4) is 0 Å². The van der Waals surface area contributed by atoms with Crippen LogP contribution in [0.5, 0.6) is 5.75 Å². The van der Waals surface area contributed by atoms with Gasteiger partial charge in [-0.25, -0.2) is 0 Å². The predicted octanol–water partition coefficient (Wildman–Crippen LogP) is 4.93. The van der Waals surface area contributed by atoms with Gasteiger partial charge in [0.2, 0.25) is 5.76 Å². The number of benzene rings is 2. The highest BCUT2D eigenvalue weighted by atomic mass is 16.5. The van der Waals surface area contributed by atoms with E-state index in [9.17, 15) is 9.59 Å². The van der Waals surface area contributed by atoms with Crippen LogP contribution in [-0.2, 0) is 0 Å². The van der Waals surface area contributed by atoms with Crippen molar-refractivity contribution in [1.29, 1.82) is 0 Å². The molecule has 2 N–H and O–H groups in total. The van der Waals surface area contributed by atoms with Gasteiger partial charge < -0.3 is 24.2 Å². The lowest BCUT2D eigenvalue weighted by Gasteiger charge is -2.08. The lowest BCUT2D eigenvalue weighted by atomic mass is 10.2. The molecule has 0 aliphatic carbocycles. The van der Waals surface area contributed by atoms with Gasteiger partial charge in [0.1, 0.15) is 17.0 Å². The Bertz CT molecular complexity index is 1140. The fourth-order valence-electron chi connectivity index (χ4n) is 2.90. The van der Waals surface area contributed by atoms with Gasteiger partial charge >= 0.3 is 0 Å². The first-order chi connectivity index (χ1) is 14.2. The van der Waals surface area contributed by atoms with Crippen LogP contribution in [-0.4, -0.2) is 18.4 Å². The maximum Gasteiger partial charge on any atom is 0.293 e. The van der Waals surface area contributed by atoms with E-state index >= 15 is 0 Å². The Balaban J connectivity index is 1.63. The van der Waals surface area contributed by atoms with Crippen molar-refractivity contribution in [3.05, 3.63) is 78.4 Å². The summed E-state index contributed by atoms with van der Waals surface area (Å²) in [5, 5.41) is 6.11. The summed E-state index contributed by atoms with van der Waals surface area (Å²) in [6.45, 7) is 2.46. The van der Waals surface area contributed by atoms with Crippen molar-refractivity contribution in [2.75, 3.05) is 17.2 Å². The third-order valence-electron chi connectivity index (χ3n) is 4.21. The summed E-state index contributed by atoms with van der Waals surface area (Å²) in [5.41, 5.74) is 1.34. The summed E-state index contributed by atoms with van der Waals surface area (Å²) in [5.74, 6) is -0.120. The Morgan fingerprint density at radius 2 is 1.72 bits per heavy atom. The number of carbonyl (C=O) groups is 2. The first-order valence-electron chi connectivity index (χ1n) is 9.06. The molecule has 7 nitrogen and oxygen atoms in total. The molecule has 7 heteroatoms. The van der Waals surface area contributed by atoms with Gasteiger partial charge in [-0.1, -0.05) is 12.1 Å². The third kappa shape index (κ3) is 3.84. The summed E-state index contributed by atoms with van der Waals surface area (Å²) < 4.78 is 16.3. The van der Waals surface area contributed by atoms with Crippen LogP contribution in [0, 0.1) is 0 Å². The van der Waals surface area contributed by atoms with Gasteiger partial charge in [0, 0.05) is 11.1 Å². The zero-order valence-electron chi connectivity index (χ0n) is 15.6. The van der Waals surface area contributed by atoms with Gasteiger partial charge in [-0.2, -0.15) is 0 Å². The molecule has 0 bridgehead atoms. The van der Waals surface area contributed by atoms with Crippen molar-refractivity contribution < 1.29 is 23.2 Å². The summed E-state index contributed by atoms with van der Waals surface area (Å²) >= 11 is 0. The van der Waals surface area contributed by atoms with Crippen LogP contribution in [0.4, 0.5) is 11.4 Å². The molecule has 4 aromatic rings. The zero-order chi connectivity index (χ0) is 20.2. The average molecular weight is 390 g/mol. The molecule has 0 aliphatic rings. The number of hydrogen-bond acceptors (Lipinski definition) is 5. The van der Waals surface area contributed by atoms with E-state index in [1.54, 1.807) is 54.6 Å². The van der Waals surface area contributed by atoms with E-state index in [1.807, 2.05) is 6.92 Å². The molecule has 0 radical (unpaired) electrons. The molecule has 0 spiro atoms. The van der Waals surface area contributed by atoms with E-state index in [0.29, 0.717) is 29.0 Å². The summed E-state index contributed by atoms with van der Waals surface area (Å²) in [6, 6.07) is 17.2. The van der Waals surface area contributed by atoms with E-state index in [1.165, 1.54) is 12.3 Å². The lowest BCUT2D eigenvalue weighted by Crippen LogP contribution is -2.16. The number of hydrogen-bond donors (Lipinski definition) is 2. The van der Waals surface area contributed by atoms with Gasteiger partial charge in [0.05, 0.1) is 12.9 Å². The van der Waals surface area contributed by atoms with E-state index in [-0.39, 0.29) is 17.2 Å². The molecule has 2 amide bonds. The molecule has 0 atom stereocenters. The Morgan fingerprint density at radius 3 is 2.45 bits per heavy atom. The normalized spacial score (nSPS) is 10.7. The summed E-state index contributed by atoms with van der Waals surface area (Å²) in [4.78, 5) is 25.3. The maximum absolute atomic E-state index is 12.9. The fraction of sp³-hybridized carbons (Fsp3) is 0.0909. The van der Waals surface area contributed by atoms with Gasteiger partial charge in [-0.15, -0.1) is 0 Å². The van der Waals surface area contributed by atoms with Crippen LogP contribution in [0.2, 0.25) is 0 Å². The Kier molecular flexibility index (Phi) is 5.03. The molecular weight excluding hydrogens is 372 g/mol. The topological polar surface area (TPSA) is 93.7 Å². The standard InChI is InChI=1S/C22H18N2O5/c1-2-27-15-11-9-14(10-12-15)23-22(26)20-19(16-6-3-4-7-17(16)29-20)24-21(25)18-8-5-13-28-18/h3-13H,2H2,1H3,(H,23,26)(H,24,25). The molecule has 0 unspecified atom stereocenters. The fourth-order valence-corrected chi connectivity index (χ4v) is 2.90. The number of fused-ring (bicyclic) bond motifs is 1. The molecule has 0 saturated heterocycles. The molecule has 4 rings (SSSR count). The highest BCUT2D eigenvalue weighted by Crippen LogP contribution is 2.32. The molecular formula is C22H18N2O5. The van der Waals surface area contributed by atoms with E-state index in [0.717, 1.165) is 0 Å². The SMILES string of the molecule is CCOc1ccc(NC(=O)c2oc3ccccc3c2NC(=O)c2ccco2)cc1. The number of rotatable bonds is 6. The Labute approximate surface area is 166 Å². The van der Waals surface area contributed by atoms with Crippen molar-refractivity contribution in [3.63, 3.8) is 0 Å². The van der Waals surface area contributed by atoms with Crippen molar-refractivity contribution in [2.45, 2.75) is 6.92 Å². The highest BCUT2D eigenvalue weighted by Gasteiger charge is 2.23. The Hall–Kier alpha value is -4.00. The minimum absolute atomic E-state index is 0.00000848. The number of furan rings is 2. The average Bonchev–Trinajstić information content (AvgIpc) is 3.38. The molecule has 29 heavy (non-hydrogen) atoms. The molecule has 2 heterocycles. The number of amides is 2. The monoisotopic (exact) mass is 390 g/mol. The quantitative estimate of drug-likeness (QED) is 0.487. The van der Waals surface area contributed by atoms with Crippen molar-refractivity contribution in [1.82, 2.24) is 0 Å². The lowest BCUT2D eigenvalue weighted by molar-refractivity contribution is 0.0996. The number of carbonyl (C=O) groups excluding carboxylic acids is 2. The van der Waals surface area contributed by atoms with Gasteiger partial charge in [0.15, 0.2) is 5.76 Å². The van der Waals surface area contributed by atoms with Crippen molar-refractivity contribution in [2.24, 2.45) is 0 Å². The van der Waals surface area contributed by atoms with Gasteiger partial charge in [-0.3, -0.25) is 9.59 Å². The van der Waals surface area contributed by atoms with Crippen LogP contribution < -0.4 is 15.4 Å². The van der Waals surface area contributed by atoms with E-state index < -0.39 is 11.8 Å². The van der Waals surface area contributed by atoms with Crippen LogP contribution >= 0.6 is 0 Å². The maximum atomic E-state index is 12.9. The summed E-state index contributed by atoms with van der Waals surface area (Å²) in [7, 11) is 0. The van der Waals surface area contributed by atoms with Crippen molar-refractivity contribution in [3.8, 4) is 5.75 Å². The number of anilines is 2. The molecule has 0 aliphatic heterocycles. The number of para-hydroxylation sites is 1. The minimum atomic E-state index is -0.486. The molecule has 146 valence electrons.